The molecule has 0 fully saturated rings. The van der Waals surface area contributed by atoms with Crippen LogP contribution in [0.2, 0.25) is 0 Å². The molecule has 0 aliphatic carbocycles. The summed E-state index contributed by atoms with van der Waals surface area (Å²) in [5, 5.41) is 2.94. The first-order chi connectivity index (χ1) is 10.7. The Morgan fingerprint density at radius 3 is 2.41 bits per heavy atom. The zero-order chi connectivity index (χ0) is 15.8. The van der Waals surface area contributed by atoms with Gasteiger partial charge in [-0.1, -0.05) is 62.4 Å². The molecule has 1 unspecified atom stereocenters. The molecular weight excluding hydrogens is 274 g/mol. The van der Waals surface area contributed by atoms with Crippen LogP contribution in [0.25, 0.3) is 0 Å². The van der Waals surface area contributed by atoms with E-state index in [9.17, 15) is 4.79 Å². The molecule has 0 bridgehead atoms. The molecule has 1 amide bonds. The second-order valence-corrected chi connectivity index (χ2v) is 5.18. The van der Waals surface area contributed by atoms with E-state index in [1.54, 1.807) is 0 Å². The summed E-state index contributed by atoms with van der Waals surface area (Å²) in [4.78, 5) is 12.3. The van der Waals surface area contributed by atoms with Crippen molar-refractivity contribution in [2.75, 3.05) is 0 Å². The minimum absolute atomic E-state index is 0.0720. The van der Waals surface area contributed by atoms with Gasteiger partial charge >= 0.3 is 0 Å². The molecule has 2 aromatic rings. The third kappa shape index (κ3) is 4.35. The second kappa shape index (κ2) is 8.23. The van der Waals surface area contributed by atoms with Gasteiger partial charge in [-0.25, -0.2) is 0 Å². The highest BCUT2D eigenvalue weighted by Gasteiger charge is 2.18. The number of carbonyl (C=O) groups is 1. The van der Waals surface area contributed by atoms with Gasteiger partial charge in [-0.3, -0.25) is 4.79 Å². The van der Waals surface area contributed by atoms with Crippen LogP contribution in [0.4, 0.5) is 0 Å². The average Bonchev–Trinajstić information content (AvgIpc) is 2.58. The van der Waals surface area contributed by atoms with Crippen LogP contribution in [0.1, 0.15) is 31.4 Å². The maximum Gasteiger partial charge on any atom is 0.261 e. The van der Waals surface area contributed by atoms with Crippen molar-refractivity contribution in [2.24, 2.45) is 0 Å². The van der Waals surface area contributed by atoms with Gasteiger partial charge in [0.15, 0.2) is 6.10 Å². The van der Waals surface area contributed by atoms with Crippen molar-refractivity contribution in [3.05, 3.63) is 65.7 Å². The topological polar surface area (TPSA) is 38.3 Å². The molecule has 2 aromatic carbocycles. The number of para-hydroxylation sites is 1. The largest absolute Gasteiger partial charge is 0.480 e. The molecule has 0 aliphatic rings. The summed E-state index contributed by atoms with van der Waals surface area (Å²) < 4.78 is 5.92. The Kier molecular flexibility index (Phi) is 6.01. The molecule has 22 heavy (non-hydrogen) atoms. The van der Waals surface area contributed by atoms with Gasteiger partial charge in [0.2, 0.25) is 0 Å². The van der Waals surface area contributed by atoms with E-state index in [0.717, 1.165) is 23.3 Å². The summed E-state index contributed by atoms with van der Waals surface area (Å²) in [5.41, 5.74) is 2.21. The molecule has 0 aromatic heterocycles. The molecule has 2 rings (SSSR count). The van der Waals surface area contributed by atoms with Gasteiger partial charge in [-0.2, -0.15) is 0 Å². The van der Waals surface area contributed by atoms with Crippen LogP contribution in [0, 0.1) is 0 Å². The van der Waals surface area contributed by atoms with E-state index in [2.05, 4.69) is 12.2 Å². The van der Waals surface area contributed by atoms with E-state index >= 15 is 0 Å². The average molecular weight is 297 g/mol. The predicted molar refractivity (Wildman–Crippen MR) is 88.8 cm³/mol. The Balaban J connectivity index is 1.97. The Morgan fingerprint density at radius 2 is 1.73 bits per heavy atom. The van der Waals surface area contributed by atoms with E-state index < -0.39 is 6.10 Å². The van der Waals surface area contributed by atoms with Crippen molar-refractivity contribution in [1.82, 2.24) is 5.32 Å². The molecule has 1 N–H and O–H groups in total. The highest BCUT2D eigenvalue weighted by Crippen LogP contribution is 2.20. The zero-order valence-electron chi connectivity index (χ0n) is 13.2. The summed E-state index contributed by atoms with van der Waals surface area (Å²) in [6.45, 7) is 4.56. The summed E-state index contributed by atoms with van der Waals surface area (Å²) in [5.74, 6) is 0.726. The summed E-state index contributed by atoms with van der Waals surface area (Å²) in [6.07, 6.45) is 1.06. The number of hydrogen-bond acceptors (Lipinski definition) is 2. The fourth-order valence-electron chi connectivity index (χ4n) is 2.29. The monoisotopic (exact) mass is 297 g/mol. The molecule has 3 nitrogen and oxygen atoms in total. The molecule has 116 valence electrons. The van der Waals surface area contributed by atoms with Crippen molar-refractivity contribution in [3.8, 4) is 5.75 Å². The molecular formula is C19H23NO2. The Morgan fingerprint density at radius 1 is 1.05 bits per heavy atom. The number of benzene rings is 2. The SMILES string of the molecule is CCc1ccccc1OC(CC)C(=O)NCc1ccccc1. The van der Waals surface area contributed by atoms with Gasteiger partial charge < -0.3 is 10.1 Å². The molecule has 0 radical (unpaired) electrons. The molecule has 0 aliphatic heterocycles. The molecule has 0 saturated heterocycles. The van der Waals surface area contributed by atoms with Crippen molar-refractivity contribution in [2.45, 2.75) is 39.3 Å². The lowest BCUT2D eigenvalue weighted by Crippen LogP contribution is -2.37. The van der Waals surface area contributed by atoms with Gasteiger partial charge in [-0.15, -0.1) is 0 Å². The maximum atomic E-state index is 12.3. The van der Waals surface area contributed by atoms with Crippen LogP contribution in [0.15, 0.2) is 54.6 Å². The minimum atomic E-state index is -0.462. The van der Waals surface area contributed by atoms with Crippen LogP contribution in [-0.4, -0.2) is 12.0 Å². The zero-order valence-corrected chi connectivity index (χ0v) is 13.2. The van der Waals surface area contributed by atoms with E-state index in [-0.39, 0.29) is 5.91 Å². The first kappa shape index (κ1) is 16.1. The Hall–Kier alpha value is -2.29. The van der Waals surface area contributed by atoms with Crippen LogP contribution in [0.3, 0.4) is 0 Å². The van der Waals surface area contributed by atoms with Gasteiger partial charge in [0.1, 0.15) is 5.75 Å². The molecule has 3 heteroatoms. The van der Waals surface area contributed by atoms with Gasteiger partial charge in [0, 0.05) is 6.54 Å². The third-order valence-corrected chi connectivity index (χ3v) is 3.60. The lowest BCUT2D eigenvalue weighted by molar-refractivity contribution is -0.128. The summed E-state index contributed by atoms with van der Waals surface area (Å²) in [6, 6.07) is 17.8. The summed E-state index contributed by atoms with van der Waals surface area (Å²) in [7, 11) is 0. The summed E-state index contributed by atoms with van der Waals surface area (Å²) >= 11 is 0. The first-order valence-electron chi connectivity index (χ1n) is 7.80. The Bertz CT molecular complexity index is 595. The van der Waals surface area contributed by atoms with Crippen LogP contribution >= 0.6 is 0 Å². The van der Waals surface area contributed by atoms with E-state index in [0.29, 0.717) is 13.0 Å². The quantitative estimate of drug-likeness (QED) is 0.846. The lowest BCUT2D eigenvalue weighted by Gasteiger charge is -2.19. The van der Waals surface area contributed by atoms with E-state index in [4.69, 9.17) is 4.74 Å². The number of hydrogen-bond donors (Lipinski definition) is 1. The number of aryl methyl sites for hydroxylation is 1. The highest BCUT2D eigenvalue weighted by molar-refractivity contribution is 5.81. The first-order valence-corrected chi connectivity index (χ1v) is 7.80. The Labute approximate surface area is 132 Å². The normalized spacial score (nSPS) is 11.7. The molecule has 1 atom stereocenters. The van der Waals surface area contributed by atoms with Crippen molar-refractivity contribution in [1.29, 1.82) is 0 Å². The van der Waals surface area contributed by atoms with Crippen LogP contribution < -0.4 is 10.1 Å². The molecule has 0 spiro atoms. The second-order valence-electron chi connectivity index (χ2n) is 5.18. The van der Waals surface area contributed by atoms with Crippen LogP contribution in [0.5, 0.6) is 5.75 Å². The predicted octanol–water partition coefficient (Wildman–Crippen LogP) is 3.72. The van der Waals surface area contributed by atoms with Crippen LogP contribution in [-0.2, 0) is 17.8 Å². The van der Waals surface area contributed by atoms with E-state index in [1.165, 1.54) is 0 Å². The standard InChI is InChI=1S/C19H23NO2/c1-3-16-12-8-9-13-18(16)22-17(4-2)19(21)20-14-15-10-6-5-7-11-15/h5-13,17H,3-4,14H2,1-2H3,(H,20,21). The highest BCUT2D eigenvalue weighted by atomic mass is 16.5. The van der Waals surface area contributed by atoms with Crippen molar-refractivity contribution < 1.29 is 9.53 Å². The van der Waals surface area contributed by atoms with Gasteiger partial charge in [0.25, 0.3) is 5.91 Å². The number of ether oxygens (including phenoxy) is 1. The number of nitrogens with one attached hydrogen (secondary N) is 1. The fourth-order valence-corrected chi connectivity index (χ4v) is 2.29. The number of amides is 1. The third-order valence-electron chi connectivity index (χ3n) is 3.60. The van der Waals surface area contributed by atoms with Crippen molar-refractivity contribution >= 4 is 5.91 Å². The smallest absolute Gasteiger partial charge is 0.261 e. The van der Waals surface area contributed by atoms with E-state index in [1.807, 2.05) is 61.5 Å². The fraction of sp³-hybridized carbons (Fsp3) is 0.316. The number of rotatable bonds is 7. The number of carbonyl (C=O) groups excluding carboxylic acids is 1. The van der Waals surface area contributed by atoms with Gasteiger partial charge in [0.05, 0.1) is 0 Å². The maximum absolute atomic E-state index is 12.3. The van der Waals surface area contributed by atoms with Crippen molar-refractivity contribution in [3.63, 3.8) is 0 Å². The lowest BCUT2D eigenvalue weighted by atomic mass is 10.1. The minimum Gasteiger partial charge on any atom is -0.480 e. The molecule has 0 heterocycles. The van der Waals surface area contributed by atoms with Gasteiger partial charge in [-0.05, 0) is 30.0 Å². The molecule has 0 saturated carbocycles.